The maximum atomic E-state index is 13.0. The number of nitrogens with zero attached hydrogens (tertiary/aromatic N) is 2. The van der Waals surface area contributed by atoms with Gasteiger partial charge in [-0.15, -0.1) is 0 Å². The van der Waals surface area contributed by atoms with E-state index < -0.39 is 22.4 Å². The fourth-order valence-electron chi connectivity index (χ4n) is 1.50. The van der Waals surface area contributed by atoms with Crippen LogP contribution in [0.25, 0.3) is 0 Å². The molecule has 0 spiro atoms. The molecule has 1 atom stereocenters. The third kappa shape index (κ3) is 3.01. The van der Waals surface area contributed by atoms with Crippen LogP contribution in [-0.2, 0) is 16.6 Å². The highest BCUT2D eigenvalue weighted by Crippen LogP contribution is 2.16. The Morgan fingerprint density at radius 1 is 1.26 bits per heavy atom. The molecule has 0 aliphatic rings. The van der Waals surface area contributed by atoms with Crippen molar-refractivity contribution < 1.29 is 13.0 Å². The van der Waals surface area contributed by atoms with Crippen LogP contribution < -0.4 is 0 Å². The lowest BCUT2D eigenvalue weighted by molar-refractivity contribution is 0.505. The Kier molecular flexibility index (Phi) is 3.97. The van der Waals surface area contributed by atoms with Crippen molar-refractivity contribution in [3.8, 4) is 6.07 Å². The maximum absolute atomic E-state index is 13.0. The van der Waals surface area contributed by atoms with Crippen LogP contribution in [0.3, 0.4) is 0 Å². The van der Waals surface area contributed by atoms with Crippen molar-refractivity contribution in [1.29, 1.82) is 5.26 Å². The van der Waals surface area contributed by atoms with Gasteiger partial charge in [0.2, 0.25) is 0 Å². The van der Waals surface area contributed by atoms with Gasteiger partial charge in [0.15, 0.2) is 11.6 Å². The first-order chi connectivity index (χ1) is 9.11. The highest BCUT2D eigenvalue weighted by Gasteiger charge is 2.11. The number of aromatic nitrogens is 1. The number of hydrogen-bond donors (Lipinski definition) is 0. The van der Waals surface area contributed by atoms with Crippen molar-refractivity contribution in [1.82, 2.24) is 4.98 Å². The van der Waals surface area contributed by atoms with Gasteiger partial charge in [0.1, 0.15) is 11.8 Å². The Morgan fingerprint density at radius 2 is 2.05 bits per heavy atom. The van der Waals surface area contributed by atoms with Crippen LogP contribution in [0.2, 0.25) is 0 Å². The average Bonchev–Trinajstić information content (AvgIpc) is 2.42. The van der Waals surface area contributed by atoms with Crippen LogP contribution in [-0.4, -0.2) is 9.19 Å². The summed E-state index contributed by atoms with van der Waals surface area (Å²) in [5.74, 6) is -2.00. The van der Waals surface area contributed by atoms with Gasteiger partial charge in [-0.05, 0) is 24.3 Å². The Hall–Kier alpha value is -2.13. The molecule has 0 aliphatic carbocycles. The zero-order chi connectivity index (χ0) is 13.8. The molecule has 0 N–H and O–H groups in total. The monoisotopic (exact) mass is 278 g/mol. The lowest BCUT2D eigenvalue weighted by Crippen LogP contribution is -2.01. The molecule has 3 nitrogen and oxygen atoms in total. The first kappa shape index (κ1) is 13.3. The van der Waals surface area contributed by atoms with Gasteiger partial charge in [-0.25, -0.2) is 13.8 Å². The van der Waals surface area contributed by atoms with Crippen LogP contribution in [0, 0.1) is 23.0 Å². The Morgan fingerprint density at radius 3 is 2.74 bits per heavy atom. The summed E-state index contributed by atoms with van der Waals surface area (Å²) in [6, 6.07) is 8.23. The smallest absolute Gasteiger partial charge is 0.160 e. The van der Waals surface area contributed by atoms with Crippen molar-refractivity contribution in [3.63, 3.8) is 0 Å². The van der Waals surface area contributed by atoms with Crippen LogP contribution in [0.4, 0.5) is 8.78 Å². The van der Waals surface area contributed by atoms with Crippen LogP contribution in [0.1, 0.15) is 11.3 Å². The molecule has 19 heavy (non-hydrogen) atoms. The highest BCUT2D eigenvalue weighted by atomic mass is 32.2. The number of benzene rings is 1. The number of rotatable bonds is 3. The molecule has 2 rings (SSSR count). The van der Waals surface area contributed by atoms with E-state index in [1.54, 1.807) is 12.1 Å². The van der Waals surface area contributed by atoms with Gasteiger partial charge < -0.3 is 0 Å². The third-order valence-electron chi connectivity index (χ3n) is 2.44. The first-order valence-electron chi connectivity index (χ1n) is 5.29. The summed E-state index contributed by atoms with van der Waals surface area (Å²) in [5, 5.41) is 8.86. The van der Waals surface area contributed by atoms with Gasteiger partial charge in [-0.2, -0.15) is 5.26 Å². The van der Waals surface area contributed by atoms with Gasteiger partial charge in [0.05, 0.1) is 16.6 Å². The molecule has 0 aliphatic heterocycles. The summed E-state index contributed by atoms with van der Waals surface area (Å²) in [7, 11) is -1.56. The van der Waals surface area contributed by atoms with Crippen LogP contribution in [0.5, 0.6) is 0 Å². The van der Waals surface area contributed by atoms with E-state index >= 15 is 0 Å². The molecular weight excluding hydrogens is 270 g/mol. The molecule has 0 saturated heterocycles. The summed E-state index contributed by atoms with van der Waals surface area (Å²) in [5.41, 5.74) is 0.687. The number of halogens is 2. The van der Waals surface area contributed by atoms with E-state index in [2.05, 4.69) is 4.98 Å². The molecular formula is C13H8F2N2OS. The normalized spacial score (nSPS) is 11.8. The van der Waals surface area contributed by atoms with Gasteiger partial charge in [-0.3, -0.25) is 4.21 Å². The molecule has 0 bridgehead atoms. The molecule has 96 valence electrons. The Labute approximate surface area is 111 Å². The molecule has 6 heteroatoms. The lowest BCUT2D eigenvalue weighted by atomic mass is 10.2. The quantitative estimate of drug-likeness (QED) is 0.867. The molecule has 0 radical (unpaired) electrons. The molecule has 1 unspecified atom stereocenters. The second kappa shape index (κ2) is 5.67. The van der Waals surface area contributed by atoms with E-state index in [0.29, 0.717) is 5.56 Å². The minimum atomic E-state index is -1.56. The highest BCUT2D eigenvalue weighted by molar-refractivity contribution is 7.84. The summed E-state index contributed by atoms with van der Waals surface area (Å²) in [6.45, 7) is 0. The predicted molar refractivity (Wildman–Crippen MR) is 65.4 cm³/mol. The summed E-state index contributed by atoms with van der Waals surface area (Å²) >= 11 is 0. The summed E-state index contributed by atoms with van der Waals surface area (Å²) in [6.07, 6.45) is 1.46. The van der Waals surface area contributed by atoms with E-state index in [9.17, 15) is 13.0 Å². The minimum absolute atomic E-state index is 0.0296. The van der Waals surface area contributed by atoms with Gasteiger partial charge in [0.25, 0.3) is 0 Å². The second-order valence-corrected chi connectivity index (χ2v) is 5.14. The van der Waals surface area contributed by atoms with Crippen molar-refractivity contribution in [2.75, 3.05) is 0 Å². The minimum Gasteiger partial charge on any atom is -0.254 e. The number of nitriles is 1. The van der Waals surface area contributed by atoms with Gasteiger partial charge in [0, 0.05) is 16.7 Å². The standard InChI is InChI=1S/C13H8F2N2OS/c14-11-4-3-10(6-12(11)15)19(18)8-9-2-1-5-17-13(9)7-16/h1-6H,8H2. The lowest BCUT2D eigenvalue weighted by Gasteiger charge is -2.04. The van der Waals surface area contributed by atoms with Crippen LogP contribution in [0.15, 0.2) is 41.4 Å². The summed E-state index contributed by atoms with van der Waals surface area (Å²) < 4.78 is 37.9. The molecule has 1 aromatic heterocycles. The van der Waals surface area contributed by atoms with Crippen LogP contribution >= 0.6 is 0 Å². The maximum Gasteiger partial charge on any atom is 0.160 e. The molecule has 1 heterocycles. The zero-order valence-electron chi connectivity index (χ0n) is 9.64. The van der Waals surface area contributed by atoms with Crippen molar-refractivity contribution in [2.45, 2.75) is 10.6 Å². The Bertz CT molecular complexity index is 683. The topological polar surface area (TPSA) is 53.8 Å². The largest absolute Gasteiger partial charge is 0.254 e. The van der Waals surface area contributed by atoms with Crippen molar-refractivity contribution in [3.05, 3.63) is 59.4 Å². The molecule has 2 aromatic rings. The zero-order valence-corrected chi connectivity index (χ0v) is 10.5. The number of hydrogen-bond acceptors (Lipinski definition) is 3. The molecule has 0 saturated carbocycles. The molecule has 0 fully saturated rings. The van der Waals surface area contributed by atoms with Gasteiger partial charge >= 0.3 is 0 Å². The number of pyridine rings is 1. The predicted octanol–water partition coefficient (Wildman–Crippen LogP) is 2.54. The molecule has 0 amide bonds. The van der Waals surface area contributed by atoms with Crippen molar-refractivity contribution in [2.24, 2.45) is 0 Å². The SMILES string of the molecule is N#Cc1ncccc1CS(=O)c1ccc(F)c(F)c1. The second-order valence-electron chi connectivity index (χ2n) is 3.69. The van der Waals surface area contributed by atoms with E-state index in [0.717, 1.165) is 12.1 Å². The van der Waals surface area contributed by atoms with E-state index in [1.165, 1.54) is 12.3 Å². The average molecular weight is 278 g/mol. The van der Waals surface area contributed by atoms with Crippen molar-refractivity contribution >= 4 is 10.8 Å². The summed E-state index contributed by atoms with van der Waals surface area (Å²) in [4.78, 5) is 4.02. The first-order valence-corrected chi connectivity index (χ1v) is 6.61. The van der Waals surface area contributed by atoms with E-state index in [-0.39, 0.29) is 16.3 Å². The Balaban J connectivity index is 2.26. The third-order valence-corrected chi connectivity index (χ3v) is 3.79. The fraction of sp³-hybridized carbons (Fsp3) is 0.0769. The van der Waals surface area contributed by atoms with E-state index in [4.69, 9.17) is 5.26 Å². The van der Waals surface area contributed by atoms with E-state index in [1.807, 2.05) is 6.07 Å². The fourth-order valence-corrected chi connectivity index (χ4v) is 2.64. The van der Waals surface area contributed by atoms with Gasteiger partial charge in [-0.1, -0.05) is 6.07 Å². The molecule has 1 aromatic carbocycles.